The van der Waals surface area contributed by atoms with Crippen LogP contribution in [-0.4, -0.2) is 31.5 Å². The van der Waals surface area contributed by atoms with E-state index in [4.69, 9.17) is 14.2 Å². The van der Waals surface area contributed by atoms with Gasteiger partial charge in [-0.1, -0.05) is 15.9 Å². The van der Waals surface area contributed by atoms with Crippen LogP contribution in [-0.2, 0) is 9.47 Å². The van der Waals surface area contributed by atoms with E-state index < -0.39 is 0 Å². The molecule has 2 heterocycles. The van der Waals surface area contributed by atoms with E-state index in [-0.39, 0.29) is 11.7 Å². The van der Waals surface area contributed by atoms with Gasteiger partial charge >= 0.3 is 0 Å². The second kappa shape index (κ2) is 5.43. The summed E-state index contributed by atoms with van der Waals surface area (Å²) in [5.41, 5.74) is 1.07. The fraction of sp³-hybridized carbons (Fsp3) is 0.600. The maximum absolute atomic E-state index is 6.17. The van der Waals surface area contributed by atoms with Crippen LogP contribution in [0.1, 0.15) is 24.8 Å². The van der Waals surface area contributed by atoms with E-state index in [1.165, 1.54) is 0 Å². The summed E-state index contributed by atoms with van der Waals surface area (Å²) in [4.78, 5) is 0. The Bertz CT molecular complexity index is 455. The zero-order valence-corrected chi connectivity index (χ0v) is 12.7. The summed E-state index contributed by atoms with van der Waals surface area (Å²) in [5, 5.41) is 0. The Balaban J connectivity index is 1.69. The number of ether oxygens (including phenoxy) is 3. The van der Waals surface area contributed by atoms with E-state index in [0.29, 0.717) is 6.61 Å². The van der Waals surface area contributed by atoms with Crippen molar-refractivity contribution in [2.75, 3.05) is 19.8 Å². The summed E-state index contributed by atoms with van der Waals surface area (Å²) in [7, 11) is 0. The van der Waals surface area contributed by atoms with Gasteiger partial charge in [0.1, 0.15) is 11.9 Å². The van der Waals surface area contributed by atoms with Gasteiger partial charge in [0.2, 0.25) is 0 Å². The van der Waals surface area contributed by atoms with Gasteiger partial charge in [-0.05, 0) is 30.7 Å². The Kier molecular flexibility index (Phi) is 3.83. The van der Waals surface area contributed by atoms with Crippen LogP contribution >= 0.6 is 15.9 Å². The first kappa shape index (κ1) is 13.4. The smallest absolute Gasteiger partial charge is 0.122 e. The Morgan fingerprint density at radius 3 is 3.00 bits per heavy atom. The molecule has 1 aromatic carbocycles. The molecule has 1 spiro atoms. The third kappa shape index (κ3) is 2.96. The van der Waals surface area contributed by atoms with Crippen LogP contribution in [0.2, 0.25) is 0 Å². The molecule has 4 heteroatoms. The molecule has 0 bridgehead atoms. The Morgan fingerprint density at radius 2 is 2.26 bits per heavy atom. The second-order valence-corrected chi connectivity index (χ2v) is 6.39. The first-order valence-corrected chi connectivity index (χ1v) is 7.61. The average Bonchev–Trinajstić information content (AvgIpc) is 2.81. The highest BCUT2D eigenvalue weighted by Crippen LogP contribution is 2.35. The fourth-order valence-corrected chi connectivity index (χ4v) is 3.35. The third-order valence-corrected chi connectivity index (χ3v) is 4.44. The molecule has 0 aromatic heterocycles. The zero-order chi connectivity index (χ0) is 13.3. The molecule has 2 aliphatic rings. The number of benzene rings is 1. The fourth-order valence-electron chi connectivity index (χ4n) is 2.87. The molecule has 3 nitrogen and oxygen atoms in total. The van der Waals surface area contributed by atoms with Gasteiger partial charge in [0, 0.05) is 30.3 Å². The van der Waals surface area contributed by atoms with Crippen LogP contribution in [0.4, 0.5) is 0 Å². The lowest BCUT2D eigenvalue weighted by molar-refractivity contribution is -0.112. The largest absolute Gasteiger partial charge is 0.490 e. The van der Waals surface area contributed by atoms with Crippen molar-refractivity contribution < 1.29 is 14.2 Å². The van der Waals surface area contributed by atoms with Crippen LogP contribution in [0.25, 0.3) is 0 Å². The Labute approximate surface area is 122 Å². The highest BCUT2D eigenvalue weighted by atomic mass is 79.9. The first-order valence-electron chi connectivity index (χ1n) is 6.81. The van der Waals surface area contributed by atoms with Crippen molar-refractivity contribution in [3.05, 3.63) is 28.2 Å². The SMILES string of the molecule is Cc1cc(Br)ccc1OC1CCOC2(CCOC2)C1. The van der Waals surface area contributed by atoms with E-state index in [1.807, 2.05) is 12.1 Å². The van der Waals surface area contributed by atoms with Crippen LogP contribution in [0.3, 0.4) is 0 Å². The van der Waals surface area contributed by atoms with Gasteiger partial charge in [0.25, 0.3) is 0 Å². The average molecular weight is 327 g/mol. The predicted octanol–water partition coefficient (Wildman–Crippen LogP) is 3.47. The minimum absolute atomic E-state index is 0.0911. The normalized spacial score (nSPS) is 30.7. The molecule has 2 fully saturated rings. The standard InChI is InChI=1S/C15H19BrO3/c1-11-8-12(16)2-3-14(11)19-13-4-6-18-15(9-13)5-7-17-10-15/h2-3,8,13H,4-7,9-10H2,1H3. The lowest BCUT2D eigenvalue weighted by Gasteiger charge is -2.37. The molecule has 0 radical (unpaired) electrons. The topological polar surface area (TPSA) is 27.7 Å². The zero-order valence-electron chi connectivity index (χ0n) is 11.2. The minimum atomic E-state index is -0.0911. The number of halogens is 1. The monoisotopic (exact) mass is 326 g/mol. The number of rotatable bonds is 2. The lowest BCUT2D eigenvalue weighted by atomic mass is 9.91. The second-order valence-electron chi connectivity index (χ2n) is 5.48. The van der Waals surface area contributed by atoms with E-state index in [2.05, 4.69) is 28.9 Å². The van der Waals surface area contributed by atoms with E-state index >= 15 is 0 Å². The number of hydrogen-bond acceptors (Lipinski definition) is 3. The van der Waals surface area contributed by atoms with Gasteiger partial charge in [0.05, 0.1) is 18.8 Å². The Hall–Kier alpha value is -0.580. The van der Waals surface area contributed by atoms with Crippen molar-refractivity contribution in [3.63, 3.8) is 0 Å². The molecular formula is C15H19BrO3. The van der Waals surface area contributed by atoms with Gasteiger partial charge in [-0.3, -0.25) is 0 Å². The highest BCUT2D eigenvalue weighted by molar-refractivity contribution is 9.10. The van der Waals surface area contributed by atoms with Crippen molar-refractivity contribution in [3.8, 4) is 5.75 Å². The summed E-state index contributed by atoms with van der Waals surface area (Å²) in [6.07, 6.45) is 3.11. The maximum atomic E-state index is 6.17. The quantitative estimate of drug-likeness (QED) is 0.832. The predicted molar refractivity (Wildman–Crippen MR) is 76.6 cm³/mol. The minimum Gasteiger partial charge on any atom is -0.490 e. The Morgan fingerprint density at radius 1 is 1.37 bits per heavy atom. The summed E-state index contributed by atoms with van der Waals surface area (Å²) in [6.45, 7) is 4.37. The maximum Gasteiger partial charge on any atom is 0.122 e. The molecule has 1 aromatic rings. The van der Waals surface area contributed by atoms with Crippen molar-refractivity contribution in [1.82, 2.24) is 0 Å². The molecule has 0 amide bonds. The van der Waals surface area contributed by atoms with Gasteiger partial charge in [-0.15, -0.1) is 0 Å². The first-order chi connectivity index (χ1) is 9.17. The van der Waals surface area contributed by atoms with Crippen molar-refractivity contribution in [1.29, 1.82) is 0 Å². The number of hydrogen-bond donors (Lipinski definition) is 0. The van der Waals surface area contributed by atoms with Gasteiger partial charge in [-0.2, -0.15) is 0 Å². The van der Waals surface area contributed by atoms with Crippen molar-refractivity contribution in [2.24, 2.45) is 0 Å². The molecule has 19 heavy (non-hydrogen) atoms. The van der Waals surface area contributed by atoms with E-state index in [9.17, 15) is 0 Å². The molecule has 0 aliphatic carbocycles. The summed E-state index contributed by atoms with van der Waals surface area (Å²) < 4.78 is 18.7. The van der Waals surface area contributed by atoms with E-state index in [1.54, 1.807) is 0 Å². The van der Waals surface area contributed by atoms with E-state index in [0.717, 1.165) is 48.3 Å². The molecule has 2 unspecified atom stereocenters. The lowest BCUT2D eigenvalue weighted by Crippen LogP contribution is -2.44. The van der Waals surface area contributed by atoms with Crippen molar-refractivity contribution >= 4 is 15.9 Å². The third-order valence-electron chi connectivity index (χ3n) is 3.95. The van der Waals surface area contributed by atoms with Gasteiger partial charge in [0.15, 0.2) is 0 Å². The van der Waals surface area contributed by atoms with Crippen LogP contribution in [0.15, 0.2) is 22.7 Å². The molecular weight excluding hydrogens is 308 g/mol. The molecule has 0 saturated carbocycles. The van der Waals surface area contributed by atoms with Crippen LogP contribution in [0.5, 0.6) is 5.75 Å². The molecule has 0 N–H and O–H groups in total. The summed E-state index contributed by atoms with van der Waals surface area (Å²) in [6, 6.07) is 6.14. The summed E-state index contributed by atoms with van der Waals surface area (Å²) in [5.74, 6) is 0.976. The molecule has 2 aliphatic heterocycles. The summed E-state index contributed by atoms with van der Waals surface area (Å²) >= 11 is 3.48. The van der Waals surface area contributed by atoms with Gasteiger partial charge in [-0.25, -0.2) is 0 Å². The van der Waals surface area contributed by atoms with Crippen LogP contribution in [0, 0.1) is 6.92 Å². The molecule has 2 atom stereocenters. The molecule has 3 rings (SSSR count). The molecule has 2 saturated heterocycles. The highest BCUT2D eigenvalue weighted by Gasteiger charge is 2.41. The van der Waals surface area contributed by atoms with Gasteiger partial charge < -0.3 is 14.2 Å². The van der Waals surface area contributed by atoms with Crippen LogP contribution < -0.4 is 4.74 Å². The molecule has 104 valence electrons. The van der Waals surface area contributed by atoms with Crippen molar-refractivity contribution in [2.45, 2.75) is 37.9 Å². The number of aryl methyl sites for hydroxylation is 1.